The third-order valence-electron chi connectivity index (χ3n) is 1.36. The summed E-state index contributed by atoms with van der Waals surface area (Å²) in [6.07, 6.45) is 0.676. The zero-order valence-electron chi connectivity index (χ0n) is 7.23. The molecule has 0 saturated heterocycles. The highest BCUT2D eigenvalue weighted by Crippen LogP contribution is 2.13. The van der Waals surface area contributed by atoms with Crippen LogP contribution in [0, 0.1) is 5.82 Å². The van der Waals surface area contributed by atoms with Crippen molar-refractivity contribution >= 4 is 15.8 Å². The Balaban J connectivity index is 3.03. The molecule has 1 aromatic heterocycles. The van der Waals surface area contributed by atoms with E-state index in [1.54, 1.807) is 0 Å². The number of aromatic nitrogens is 2. The van der Waals surface area contributed by atoms with E-state index in [9.17, 15) is 12.8 Å². The fraction of sp³-hybridized carbons (Fsp3) is 0.333. The minimum absolute atomic E-state index is 0.211. The summed E-state index contributed by atoms with van der Waals surface area (Å²) in [5.74, 6) is -1.71. The first-order valence-electron chi connectivity index (χ1n) is 3.66. The van der Waals surface area contributed by atoms with Crippen LogP contribution in [0.3, 0.4) is 0 Å². The largest absolute Gasteiger partial charge is 0.479 e. The van der Waals surface area contributed by atoms with Crippen molar-refractivity contribution < 1.29 is 17.9 Å². The highest BCUT2D eigenvalue weighted by atomic mass is 32.2. The molecule has 0 radical (unpaired) electrons. The van der Waals surface area contributed by atoms with Gasteiger partial charge in [-0.05, 0) is 6.92 Å². The number of rotatable bonds is 3. The zero-order chi connectivity index (χ0) is 10.8. The molecule has 0 unspecified atom stereocenters. The van der Waals surface area contributed by atoms with Crippen LogP contribution in [-0.4, -0.2) is 29.2 Å². The summed E-state index contributed by atoms with van der Waals surface area (Å²) in [6.45, 7) is 1.39. The Morgan fingerprint density at radius 1 is 1.64 bits per heavy atom. The summed E-state index contributed by atoms with van der Waals surface area (Å²) in [5.41, 5.74) is 0. The zero-order valence-corrected chi connectivity index (χ0v) is 8.05. The molecule has 0 aromatic carbocycles. The Bertz CT molecular complexity index is 434. The number of nitrogens with zero attached hydrogens (tertiary/aromatic N) is 2. The normalized spacial score (nSPS) is 11.3. The maximum atomic E-state index is 12.9. The molecule has 0 bridgehead atoms. The fourth-order valence-corrected chi connectivity index (χ4v) is 1.23. The van der Waals surface area contributed by atoms with Crippen LogP contribution in [0.2, 0.25) is 0 Å². The standard InChI is InChI=1S/C6H8FN3O3S/c1-2-14(12,13)10-5-4(7)3-8-6(11)9-5/h3H,2H2,1H3,(H2,8,9,10,11). The minimum Gasteiger partial charge on any atom is -0.479 e. The lowest BCUT2D eigenvalue weighted by molar-refractivity contribution is 0.426. The number of hydrogen-bond donors (Lipinski definition) is 2. The molecule has 0 aliphatic heterocycles. The smallest absolute Gasteiger partial charge is 0.316 e. The van der Waals surface area contributed by atoms with Crippen molar-refractivity contribution in [3.8, 4) is 6.01 Å². The SMILES string of the molecule is CCS(=O)(=O)Nc1nc(O)ncc1F. The van der Waals surface area contributed by atoms with Crippen LogP contribution in [0.4, 0.5) is 10.2 Å². The summed E-state index contributed by atoms with van der Waals surface area (Å²) in [7, 11) is -3.60. The van der Waals surface area contributed by atoms with Gasteiger partial charge in [0.15, 0.2) is 11.6 Å². The van der Waals surface area contributed by atoms with Crippen molar-refractivity contribution in [3.63, 3.8) is 0 Å². The predicted octanol–water partition coefficient (Wildman–Crippen LogP) is 0.0829. The molecule has 0 fully saturated rings. The summed E-state index contributed by atoms with van der Waals surface area (Å²) in [5, 5.41) is 8.78. The van der Waals surface area contributed by atoms with Crippen molar-refractivity contribution in [2.24, 2.45) is 0 Å². The first-order valence-corrected chi connectivity index (χ1v) is 5.32. The van der Waals surface area contributed by atoms with Crippen LogP contribution < -0.4 is 4.72 Å². The van der Waals surface area contributed by atoms with Gasteiger partial charge in [-0.15, -0.1) is 0 Å². The van der Waals surface area contributed by atoms with Crippen LogP contribution in [0.1, 0.15) is 6.92 Å². The van der Waals surface area contributed by atoms with E-state index in [1.807, 2.05) is 4.72 Å². The quantitative estimate of drug-likeness (QED) is 0.754. The van der Waals surface area contributed by atoms with Crippen LogP contribution in [0.15, 0.2) is 6.20 Å². The van der Waals surface area contributed by atoms with Gasteiger partial charge in [-0.1, -0.05) is 0 Å². The van der Waals surface area contributed by atoms with Crippen molar-refractivity contribution in [1.82, 2.24) is 9.97 Å². The molecule has 1 heterocycles. The van der Waals surface area contributed by atoms with E-state index in [4.69, 9.17) is 5.11 Å². The van der Waals surface area contributed by atoms with Gasteiger partial charge >= 0.3 is 6.01 Å². The maximum Gasteiger partial charge on any atom is 0.316 e. The summed E-state index contributed by atoms with van der Waals surface area (Å²) in [4.78, 5) is 6.31. The van der Waals surface area contributed by atoms with Crippen LogP contribution in [-0.2, 0) is 10.0 Å². The monoisotopic (exact) mass is 221 g/mol. The maximum absolute atomic E-state index is 12.9. The predicted molar refractivity (Wildman–Crippen MR) is 46.7 cm³/mol. The van der Waals surface area contributed by atoms with Crippen LogP contribution >= 0.6 is 0 Å². The second-order valence-electron chi connectivity index (χ2n) is 2.37. The van der Waals surface area contributed by atoms with Gasteiger partial charge < -0.3 is 5.11 Å². The molecular weight excluding hydrogens is 213 g/mol. The van der Waals surface area contributed by atoms with Gasteiger partial charge in [0.2, 0.25) is 10.0 Å². The lowest BCUT2D eigenvalue weighted by Gasteiger charge is -2.04. The first kappa shape index (κ1) is 10.6. The third-order valence-corrected chi connectivity index (χ3v) is 2.63. The number of hydrogen-bond acceptors (Lipinski definition) is 5. The Labute approximate surface area is 79.9 Å². The van der Waals surface area contributed by atoms with Gasteiger partial charge in [0.25, 0.3) is 0 Å². The van der Waals surface area contributed by atoms with E-state index in [0.717, 1.165) is 0 Å². The van der Waals surface area contributed by atoms with Gasteiger partial charge in [0.1, 0.15) is 0 Å². The molecule has 1 aromatic rings. The molecule has 2 N–H and O–H groups in total. The average Bonchev–Trinajstić information content (AvgIpc) is 2.11. The summed E-state index contributed by atoms with van der Waals surface area (Å²) in [6, 6.07) is -0.694. The van der Waals surface area contributed by atoms with E-state index in [1.165, 1.54) is 6.92 Å². The highest BCUT2D eigenvalue weighted by Gasteiger charge is 2.13. The molecule has 14 heavy (non-hydrogen) atoms. The van der Waals surface area contributed by atoms with Crippen LogP contribution in [0.25, 0.3) is 0 Å². The average molecular weight is 221 g/mol. The van der Waals surface area contributed by atoms with Crippen molar-refractivity contribution in [2.75, 3.05) is 10.5 Å². The van der Waals surface area contributed by atoms with Crippen molar-refractivity contribution in [2.45, 2.75) is 6.92 Å². The lowest BCUT2D eigenvalue weighted by atomic mass is 10.6. The number of aromatic hydroxyl groups is 1. The fourth-order valence-electron chi connectivity index (χ4n) is 0.649. The second kappa shape index (κ2) is 3.74. The third kappa shape index (κ3) is 2.52. The molecule has 8 heteroatoms. The van der Waals surface area contributed by atoms with Crippen LogP contribution in [0.5, 0.6) is 6.01 Å². The molecule has 0 atom stereocenters. The lowest BCUT2D eigenvalue weighted by Crippen LogP contribution is -2.16. The Hall–Kier alpha value is -1.44. The number of sulfonamides is 1. The molecule has 0 saturated carbocycles. The molecule has 6 nitrogen and oxygen atoms in total. The molecule has 0 amide bonds. The molecule has 1 rings (SSSR count). The molecule has 78 valence electrons. The topological polar surface area (TPSA) is 92.2 Å². The molecule has 0 spiro atoms. The van der Waals surface area contributed by atoms with Gasteiger partial charge in [-0.2, -0.15) is 4.98 Å². The highest BCUT2D eigenvalue weighted by molar-refractivity contribution is 7.92. The number of nitrogens with one attached hydrogen (secondary N) is 1. The van der Waals surface area contributed by atoms with Gasteiger partial charge in [-0.25, -0.2) is 17.8 Å². The van der Waals surface area contributed by atoms with E-state index in [2.05, 4.69) is 9.97 Å². The van der Waals surface area contributed by atoms with E-state index >= 15 is 0 Å². The van der Waals surface area contributed by atoms with Gasteiger partial charge in [0.05, 0.1) is 11.9 Å². The molecular formula is C6H8FN3O3S. The Morgan fingerprint density at radius 3 is 2.86 bits per heavy atom. The van der Waals surface area contributed by atoms with Gasteiger partial charge in [0, 0.05) is 0 Å². The van der Waals surface area contributed by atoms with Gasteiger partial charge in [-0.3, -0.25) is 4.72 Å². The first-order chi connectivity index (χ1) is 6.44. The Kier molecular flexibility index (Phi) is 2.84. The summed E-state index contributed by atoms with van der Waals surface area (Å²) >= 11 is 0. The second-order valence-corrected chi connectivity index (χ2v) is 4.38. The number of anilines is 1. The minimum atomic E-state index is -3.60. The van der Waals surface area contributed by atoms with Crippen molar-refractivity contribution in [1.29, 1.82) is 0 Å². The number of halogens is 1. The van der Waals surface area contributed by atoms with E-state index in [-0.39, 0.29) is 5.75 Å². The molecule has 0 aliphatic carbocycles. The van der Waals surface area contributed by atoms with E-state index in [0.29, 0.717) is 6.20 Å². The summed E-state index contributed by atoms with van der Waals surface area (Å²) < 4.78 is 36.8. The Morgan fingerprint density at radius 2 is 2.29 bits per heavy atom. The van der Waals surface area contributed by atoms with E-state index < -0.39 is 27.7 Å². The molecule has 0 aliphatic rings. The van der Waals surface area contributed by atoms with Crippen molar-refractivity contribution in [3.05, 3.63) is 12.0 Å².